The van der Waals surface area contributed by atoms with Crippen LogP contribution in [0, 0.1) is 11.3 Å². The molecule has 0 heterocycles. The van der Waals surface area contributed by atoms with Gasteiger partial charge >= 0.3 is 35.4 Å². The zero-order chi connectivity index (χ0) is 37.5. The number of aliphatic hydroxyl groups excluding tert-OH is 2. The monoisotopic (exact) mass is 706 g/mol. The van der Waals surface area contributed by atoms with Gasteiger partial charge in [0.2, 0.25) is 2.86 Å². The van der Waals surface area contributed by atoms with Crippen LogP contribution in [0.4, 0.5) is 0 Å². The fraction of sp³-hybridized carbons (Fsp3) is 0.759. The van der Waals surface area contributed by atoms with E-state index in [9.17, 15) is 28.8 Å². The van der Waals surface area contributed by atoms with E-state index in [0.29, 0.717) is 25.7 Å². The molecule has 7 N–H and O–H groups in total. The van der Waals surface area contributed by atoms with Crippen molar-refractivity contribution < 1.29 is 48.0 Å². The van der Waals surface area contributed by atoms with Crippen molar-refractivity contribution in [2.45, 2.75) is 84.0 Å². The number of carbonyl (C=O) groups excluding carboxylic acids is 6. The minimum Gasteiger partial charge on any atom is -0.395 e. The van der Waals surface area contributed by atoms with Crippen molar-refractivity contribution in [1.29, 1.82) is 8.12 Å². The van der Waals surface area contributed by atoms with E-state index in [1.54, 1.807) is 0 Å². The maximum absolute atomic E-state index is 13.2. The summed E-state index contributed by atoms with van der Waals surface area (Å²) in [4.78, 5) is 75.3. The van der Waals surface area contributed by atoms with Crippen LogP contribution < -0.4 is 26.6 Å². The standard InChI is InChI=1S/C29H51N8O10P/c1-20(2)37(21(3)4)48(46-19-5-10-30)47-23-8-6-22(7-9-23)35-28(44)29(45)36(15-11-31-24(40)26(42)33-13-17-38)16-12-32-25(41)27(43)34-14-18-39/h20-23,38-39H,5-9,11-19H2,1-4H3,(H,31,40)(H,32,41)(H,33,42)(H,34,43)(H,35,44)/i38T,39T. The van der Waals surface area contributed by atoms with E-state index < -0.39 is 44.0 Å². The predicted octanol–water partition coefficient (Wildman–Crippen LogP) is -2.02. The largest absolute Gasteiger partial charge is 0.395 e. The Bertz CT molecular complexity index is 1090. The lowest BCUT2D eigenvalue weighted by Gasteiger charge is -2.38. The Balaban J connectivity index is 2.80. The highest BCUT2D eigenvalue weighted by Gasteiger charge is 2.33. The molecular formula is C29H51N8O10P. The first kappa shape index (κ1) is 39.0. The molecular weight excluding hydrogens is 651 g/mol. The van der Waals surface area contributed by atoms with Gasteiger partial charge in [0.15, 0.2) is 0 Å². The van der Waals surface area contributed by atoms with Crippen LogP contribution >= 0.6 is 8.53 Å². The molecule has 1 rings (SSSR count). The number of hydrogen-bond donors (Lipinski definition) is 7. The van der Waals surface area contributed by atoms with Gasteiger partial charge in [0.25, 0.3) is 8.53 Å². The highest BCUT2D eigenvalue weighted by Crippen LogP contribution is 2.48. The van der Waals surface area contributed by atoms with Crippen molar-refractivity contribution in [1.82, 2.24) is 36.2 Å². The van der Waals surface area contributed by atoms with Gasteiger partial charge in [-0.05, 0) is 53.4 Å². The molecule has 1 unspecified atom stereocenters. The van der Waals surface area contributed by atoms with Crippen LogP contribution in [0.2, 0.25) is 0 Å². The van der Waals surface area contributed by atoms with Gasteiger partial charge in [0.1, 0.15) is 0 Å². The topological polar surface area (TPSA) is 252 Å². The number of amides is 6. The first-order valence-corrected chi connectivity index (χ1v) is 17.1. The van der Waals surface area contributed by atoms with E-state index in [-0.39, 0.29) is 89.7 Å². The SMILES string of the molecule is [3H]OCCNC(=O)C(=O)NCCN(CCNC(=O)C(=O)NCCO[3H])C(=O)C(=O)NC1CCC(OP(OCCC#N)N(C(C)C)C(C)C)CC1. The average Bonchev–Trinajstić information content (AvgIpc) is 3.07. The maximum Gasteiger partial charge on any atom is 0.312 e. The van der Waals surface area contributed by atoms with E-state index in [1.165, 1.54) is 0 Å². The van der Waals surface area contributed by atoms with Gasteiger partial charge in [-0.3, -0.25) is 28.8 Å². The normalized spacial score (nSPS) is 17.0. The van der Waals surface area contributed by atoms with Crippen molar-refractivity contribution in [3.8, 4) is 6.07 Å². The lowest BCUT2D eigenvalue weighted by atomic mass is 9.93. The lowest BCUT2D eigenvalue weighted by molar-refractivity contribution is -0.146. The van der Waals surface area contributed by atoms with Crippen molar-refractivity contribution in [2.75, 3.05) is 59.1 Å². The molecule has 1 aliphatic rings. The summed E-state index contributed by atoms with van der Waals surface area (Å²) in [5, 5.41) is 29.0. The van der Waals surface area contributed by atoms with Crippen LogP contribution in [0.3, 0.4) is 0 Å². The molecule has 48 heavy (non-hydrogen) atoms. The highest BCUT2D eigenvalue weighted by atomic mass is 31.2. The second-order valence-corrected chi connectivity index (χ2v) is 12.7. The summed E-state index contributed by atoms with van der Waals surface area (Å²) in [6.45, 7) is 7.22. The maximum atomic E-state index is 13.2. The Kier molecular flexibility index (Phi) is 19.3. The van der Waals surface area contributed by atoms with Crippen molar-refractivity contribution >= 4 is 44.0 Å². The minimum atomic E-state index is -1.43. The summed E-state index contributed by atoms with van der Waals surface area (Å²) in [6, 6.07) is 2.05. The van der Waals surface area contributed by atoms with E-state index >= 15 is 0 Å². The molecule has 0 saturated heterocycles. The first-order chi connectivity index (χ1) is 23.9. The number of nitriles is 1. The zero-order valence-electron chi connectivity index (χ0n) is 30.1. The van der Waals surface area contributed by atoms with E-state index in [2.05, 4.69) is 47.5 Å². The Morgan fingerprint density at radius 1 is 0.812 bits per heavy atom. The van der Waals surface area contributed by atoms with E-state index in [4.69, 9.17) is 17.2 Å². The molecule has 0 aromatic rings. The molecule has 272 valence electrons. The van der Waals surface area contributed by atoms with Gasteiger partial charge in [0.05, 0.1) is 38.4 Å². The van der Waals surface area contributed by atoms with Crippen LogP contribution in [-0.4, -0.2) is 141 Å². The fourth-order valence-electron chi connectivity index (χ4n) is 4.70. The van der Waals surface area contributed by atoms with Gasteiger partial charge in [-0.1, -0.05) is 0 Å². The Labute approximate surface area is 285 Å². The average molecular weight is 707 g/mol. The van der Waals surface area contributed by atoms with Crippen LogP contribution in [0.5, 0.6) is 0 Å². The Morgan fingerprint density at radius 2 is 1.29 bits per heavy atom. The van der Waals surface area contributed by atoms with Crippen molar-refractivity contribution in [3.05, 3.63) is 0 Å². The van der Waals surface area contributed by atoms with Crippen LogP contribution in [-0.2, 0) is 37.8 Å². The zero-order valence-corrected chi connectivity index (χ0v) is 29.0. The van der Waals surface area contributed by atoms with Crippen LogP contribution in [0.25, 0.3) is 0 Å². The third kappa shape index (κ3) is 16.1. The summed E-state index contributed by atoms with van der Waals surface area (Å²) in [5.41, 5.74) is 0. The molecule has 0 radical (unpaired) electrons. The molecule has 1 fully saturated rings. The molecule has 1 atom stereocenters. The molecule has 0 aliphatic heterocycles. The predicted molar refractivity (Wildman–Crippen MR) is 173 cm³/mol. The second kappa shape index (κ2) is 23.8. The highest BCUT2D eigenvalue weighted by molar-refractivity contribution is 7.44. The molecule has 1 saturated carbocycles. The van der Waals surface area contributed by atoms with Crippen LogP contribution in [0.1, 0.15) is 59.8 Å². The Morgan fingerprint density at radius 3 is 1.73 bits per heavy atom. The van der Waals surface area contributed by atoms with Crippen LogP contribution in [0.15, 0.2) is 0 Å². The third-order valence-electron chi connectivity index (χ3n) is 6.91. The quantitative estimate of drug-likeness (QED) is 0.0388. The first-order valence-electron chi connectivity index (χ1n) is 16.8. The van der Waals surface area contributed by atoms with Crippen molar-refractivity contribution in [3.63, 3.8) is 0 Å². The van der Waals surface area contributed by atoms with Gasteiger partial charge in [-0.25, -0.2) is 4.67 Å². The molecule has 0 aromatic heterocycles. The smallest absolute Gasteiger partial charge is 0.312 e. The van der Waals surface area contributed by atoms with Gasteiger partial charge in [-0.15, -0.1) is 0 Å². The van der Waals surface area contributed by atoms with Crippen molar-refractivity contribution in [2.24, 2.45) is 0 Å². The second-order valence-electron chi connectivity index (χ2n) is 11.3. The molecule has 0 bridgehead atoms. The summed E-state index contributed by atoms with van der Waals surface area (Å²) < 4.78 is 27.7. The Hall–Kier alpha value is -3.46. The minimum absolute atomic E-state index is 0.0656. The number of nitrogens with one attached hydrogen (secondary N) is 5. The summed E-state index contributed by atoms with van der Waals surface area (Å²) in [6.07, 6.45) is 2.34. The molecule has 18 nitrogen and oxygen atoms in total. The number of rotatable bonds is 21. The number of hydrogen-bond acceptors (Lipinski definition) is 12. The van der Waals surface area contributed by atoms with Gasteiger partial charge in [0, 0.05) is 57.4 Å². The van der Waals surface area contributed by atoms with Gasteiger partial charge < -0.3 is 50.7 Å². The van der Waals surface area contributed by atoms with E-state index in [0.717, 1.165) is 4.90 Å². The molecule has 19 heteroatoms. The lowest BCUT2D eigenvalue weighted by Crippen LogP contribution is -2.52. The fourth-order valence-corrected chi connectivity index (χ4v) is 6.47. The summed E-state index contributed by atoms with van der Waals surface area (Å²) in [7, 11) is -1.43. The summed E-state index contributed by atoms with van der Waals surface area (Å²) in [5.74, 6) is -5.81. The van der Waals surface area contributed by atoms with Gasteiger partial charge in [-0.2, -0.15) is 5.26 Å². The molecule has 0 aromatic carbocycles. The number of aliphatic hydroxyl groups is 2. The number of carbonyl (C=O) groups is 6. The third-order valence-corrected chi connectivity index (χ3v) is 9.10. The molecule has 1 aliphatic carbocycles. The van der Waals surface area contributed by atoms with E-state index in [1.807, 2.05) is 27.7 Å². The molecule has 6 amide bonds. The number of nitrogens with zero attached hydrogens (tertiary/aromatic N) is 3. The molecule has 0 spiro atoms. The summed E-state index contributed by atoms with van der Waals surface area (Å²) >= 11 is 0.